The van der Waals surface area contributed by atoms with Crippen LogP contribution in [0.25, 0.3) is 0 Å². The number of hydrogen-bond acceptors (Lipinski definition) is 2. The molecular formula is C22H28N2O. The van der Waals surface area contributed by atoms with E-state index < -0.39 is 0 Å². The standard InChI is InChI=1S/C22H28N2O/c1-16-15-24(3)17(2)14-20(16)23-22(25)21(18-10-6-4-7-11-18)19-12-8-5-9-13-19/h4-13,16-17,20-21H,14-15H2,1-3H3,(H,23,25). The third kappa shape index (κ3) is 4.10. The third-order valence-corrected chi connectivity index (χ3v) is 5.47. The van der Waals surface area contributed by atoms with Gasteiger partial charge >= 0.3 is 0 Å². The fourth-order valence-electron chi connectivity index (χ4n) is 3.79. The predicted molar refractivity (Wildman–Crippen MR) is 103 cm³/mol. The fraction of sp³-hybridized carbons (Fsp3) is 0.409. The van der Waals surface area contributed by atoms with Gasteiger partial charge in [-0.25, -0.2) is 0 Å². The number of likely N-dealkylation sites (tertiary alicyclic amines) is 1. The molecule has 0 radical (unpaired) electrons. The first kappa shape index (κ1) is 17.7. The van der Waals surface area contributed by atoms with Crippen LogP contribution in [-0.4, -0.2) is 36.5 Å². The summed E-state index contributed by atoms with van der Waals surface area (Å²) in [5.74, 6) is 0.299. The van der Waals surface area contributed by atoms with Gasteiger partial charge in [0.15, 0.2) is 0 Å². The number of hydrogen-bond donors (Lipinski definition) is 1. The highest BCUT2D eigenvalue weighted by atomic mass is 16.2. The largest absolute Gasteiger partial charge is 0.352 e. The molecule has 2 aromatic carbocycles. The molecule has 1 saturated heterocycles. The summed E-state index contributed by atoms with van der Waals surface area (Å²) in [5, 5.41) is 3.35. The quantitative estimate of drug-likeness (QED) is 0.924. The lowest BCUT2D eigenvalue weighted by Crippen LogP contribution is -2.53. The second-order valence-electron chi connectivity index (χ2n) is 7.37. The zero-order valence-corrected chi connectivity index (χ0v) is 15.4. The number of nitrogens with zero attached hydrogens (tertiary/aromatic N) is 1. The molecule has 1 N–H and O–H groups in total. The van der Waals surface area contributed by atoms with Gasteiger partial charge in [-0.2, -0.15) is 0 Å². The molecule has 2 aromatic rings. The maximum Gasteiger partial charge on any atom is 0.232 e. The van der Waals surface area contributed by atoms with Crippen molar-refractivity contribution in [1.29, 1.82) is 0 Å². The Balaban J connectivity index is 1.83. The van der Waals surface area contributed by atoms with Crippen LogP contribution in [0.3, 0.4) is 0 Å². The minimum atomic E-state index is -0.260. The van der Waals surface area contributed by atoms with Gasteiger partial charge in [-0.3, -0.25) is 4.79 Å². The van der Waals surface area contributed by atoms with Crippen LogP contribution in [0.2, 0.25) is 0 Å². The minimum absolute atomic E-state index is 0.103. The Morgan fingerprint density at radius 1 is 1.00 bits per heavy atom. The van der Waals surface area contributed by atoms with Gasteiger partial charge in [-0.1, -0.05) is 67.6 Å². The molecule has 132 valence electrons. The Bertz CT molecular complexity index is 646. The van der Waals surface area contributed by atoms with Gasteiger partial charge in [0.05, 0.1) is 5.92 Å². The molecule has 0 bridgehead atoms. The van der Waals surface area contributed by atoms with Crippen molar-refractivity contribution in [1.82, 2.24) is 10.2 Å². The van der Waals surface area contributed by atoms with Crippen LogP contribution in [-0.2, 0) is 4.79 Å². The van der Waals surface area contributed by atoms with E-state index in [-0.39, 0.29) is 17.9 Å². The SMILES string of the molecule is CC1CN(C)C(C)CC1NC(=O)C(c1ccccc1)c1ccccc1. The lowest BCUT2D eigenvalue weighted by atomic mass is 9.87. The van der Waals surface area contributed by atoms with Crippen molar-refractivity contribution in [2.24, 2.45) is 5.92 Å². The smallest absolute Gasteiger partial charge is 0.232 e. The molecule has 0 saturated carbocycles. The first-order chi connectivity index (χ1) is 12.1. The fourth-order valence-corrected chi connectivity index (χ4v) is 3.79. The minimum Gasteiger partial charge on any atom is -0.352 e. The molecule has 1 amide bonds. The van der Waals surface area contributed by atoms with Crippen molar-refractivity contribution in [3.63, 3.8) is 0 Å². The normalized spacial score (nSPS) is 24.2. The summed E-state index contributed by atoms with van der Waals surface area (Å²) in [7, 11) is 2.16. The van der Waals surface area contributed by atoms with E-state index in [0.717, 1.165) is 24.1 Å². The highest BCUT2D eigenvalue weighted by Crippen LogP contribution is 2.27. The Labute approximate surface area is 151 Å². The van der Waals surface area contributed by atoms with Crippen molar-refractivity contribution in [3.05, 3.63) is 71.8 Å². The molecule has 3 heteroatoms. The molecule has 3 unspecified atom stereocenters. The van der Waals surface area contributed by atoms with E-state index in [2.05, 4.69) is 31.1 Å². The summed E-state index contributed by atoms with van der Waals surface area (Å²) in [6.07, 6.45) is 1.000. The van der Waals surface area contributed by atoms with Gasteiger partial charge in [0.1, 0.15) is 0 Å². The number of amides is 1. The van der Waals surface area contributed by atoms with E-state index in [1.807, 2.05) is 60.7 Å². The van der Waals surface area contributed by atoms with Crippen LogP contribution in [0.1, 0.15) is 37.3 Å². The molecule has 1 heterocycles. The second-order valence-corrected chi connectivity index (χ2v) is 7.37. The van der Waals surface area contributed by atoms with Crippen LogP contribution in [0, 0.1) is 5.92 Å². The van der Waals surface area contributed by atoms with E-state index in [9.17, 15) is 4.79 Å². The second kappa shape index (κ2) is 7.83. The molecule has 3 rings (SSSR count). The van der Waals surface area contributed by atoms with Crippen LogP contribution in [0.15, 0.2) is 60.7 Å². The van der Waals surface area contributed by atoms with Crippen molar-refractivity contribution in [2.45, 2.75) is 38.3 Å². The summed E-state index contributed by atoms with van der Waals surface area (Å²) < 4.78 is 0. The van der Waals surface area contributed by atoms with E-state index in [1.54, 1.807) is 0 Å². The van der Waals surface area contributed by atoms with Crippen molar-refractivity contribution >= 4 is 5.91 Å². The highest BCUT2D eigenvalue weighted by Gasteiger charge is 2.32. The monoisotopic (exact) mass is 336 g/mol. The van der Waals surface area contributed by atoms with Gasteiger partial charge in [-0.15, -0.1) is 0 Å². The predicted octanol–water partition coefficient (Wildman–Crippen LogP) is 3.66. The highest BCUT2D eigenvalue weighted by molar-refractivity contribution is 5.87. The Kier molecular flexibility index (Phi) is 5.54. The molecule has 25 heavy (non-hydrogen) atoms. The summed E-state index contributed by atoms with van der Waals surface area (Å²) in [6, 6.07) is 20.9. The first-order valence-electron chi connectivity index (χ1n) is 9.16. The van der Waals surface area contributed by atoms with Crippen LogP contribution in [0.5, 0.6) is 0 Å². The summed E-state index contributed by atoms with van der Waals surface area (Å²) in [4.78, 5) is 15.6. The number of benzene rings is 2. The van der Waals surface area contributed by atoms with Crippen molar-refractivity contribution < 1.29 is 4.79 Å². The molecule has 1 fully saturated rings. The molecule has 3 atom stereocenters. The van der Waals surface area contributed by atoms with E-state index in [1.165, 1.54) is 0 Å². The molecule has 0 aliphatic carbocycles. The number of nitrogens with one attached hydrogen (secondary N) is 1. The lowest BCUT2D eigenvalue weighted by molar-refractivity contribution is -0.123. The number of rotatable bonds is 4. The zero-order chi connectivity index (χ0) is 17.8. The molecule has 1 aliphatic heterocycles. The van der Waals surface area contributed by atoms with Crippen LogP contribution < -0.4 is 5.32 Å². The van der Waals surface area contributed by atoms with E-state index >= 15 is 0 Å². The van der Waals surface area contributed by atoms with Crippen molar-refractivity contribution in [2.75, 3.05) is 13.6 Å². The molecular weight excluding hydrogens is 308 g/mol. The Hall–Kier alpha value is -2.13. The van der Waals surface area contributed by atoms with Gasteiger partial charge in [0.2, 0.25) is 5.91 Å². The summed E-state index contributed by atoms with van der Waals surface area (Å²) >= 11 is 0. The van der Waals surface area contributed by atoms with Crippen LogP contribution >= 0.6 is 0 Å². The lowest BCUT2D eigenvalue weighted by Gasteiger charge is -2.40. The number of carbonyl (C=O) groups is 1. The van der Waals surface area contributed by atoms with Crippen molar-refractivity contribution in [3.8, 4) is 0 Å². The number of carbonyl (C=O) groups excluding carboxylic acids is 1. The first-order valence-corrected chi connectivity index (χ1v) is 9.16. The topological polar surface area (TPSA) is 32.3 Å². The average Bonchev–Trinajstić information content (AvgIpc) is 2.62. The summed E-state index contributed by atoms with van der Waals surface area (Å²) in [5.41, 5.74) is 2.08. The molecule has 1 aliphatic rings. The van der Waals surface area contributed by atoms with Gasteiger partial charge < -0.3 is 10.2 Å². The molecule has 3 nitrogen and oxygen atoms in total. The molecule has 0 aromatic heterocycles. The third-order valence-electron chi connectivity index (χ3n) is 5.47. The zero-order valence-electron chi connectivity index (χ0n) is 15.4. The van der Waals surface area contributed by atoms with Crippen LogP contribution in [0.4, 0.5) is 0 Å². The Morgan fingerprint density at radius 3 is 2.04 bits per heavy atom. The maximum absolute atomic E-state index is 13.2. The Morgan fingerprint density at radius 2 is 1.52 bits per heavy atom. The van der Waals surface area contributed by atoms with E-state index in [0.29, 0.717) is 12.0 Å². The number of piperidine rings is 1. The van der Waals surface area contributed by atoms with Gasteiger partial charge in [-0.05, 0) is 37.4 Å². The average molecular weight is 336 g/mol. The van der Waals surface area contributed by atoms with E-state index in [4.69, 9.17) is 0 Å². The maximum atomic E-state index is 13.2. The summed E-state index contributed by atoms with van der Waals surface area (Å²) in [6.45, 7) is 5.48. The molecule has 0 spiro atoms. The van der Waals surface area contributed by atoms with Gasteiger partial charge in [0, 0.05) is 18.6 Å². The van der Waals surface area contributed by atoms with Gasteiger partial charge in [0.25, 0.3) is 0 Å².